The van der Waals surface area contributed by atoms with Gasteiger partial charge in [0.1, 0.15) is 10.7 Å². The molecule has 0 fully saturated rings. The van der Waals surface area contributed by atoms with Crippen LogP contribution >= 0.6 is 11.3 Å². The Morgan fingerprint density at radius 2 is 2.29 bits per heavy atom. The zero-order valence-corrected chi connectivity index (χ0v) is 13.9. The van der Waals surface area contributed by atoms with Crippen molar-refractivity contribution in [1.82, 2.24) is 19.9 Å². The quantitative estimate of drug-likeness (QED) is 0.721. The summed E-state index contributed by atoms with van der Waals surface area (Å²) in [7, 11) is 0. The summed E-state index contributed by atoms with van der Waals surface area (Å²) in [6.45, 7) is 2.54. The average molecular weight is 340 g/mol. The number of hydrogen-bond acceptors (Lipinski definition) is 5. The molecule has 6 nitrogen and oxygen atoms in total. The number of nitrogens with one attached hydrogen (secondary N) is 1. The van der Waals surface area contributed by atoms with E-state index in [-0.39, 0.29) is 11.5 Å². The van der Waals surface area contributed by atoms with Gasteiger partial charge in [0.15, 0.2) is 0 Å². The number of rotatable bonds is 5. The third-order valence-electron chi connectivity index (χ3n) is 3.52. The standard InChI is InChI=1S/C17H16N4O2S/c1-12-20-16-14(6-10-24-16)17(23)21(12)9-8-19-15(22)5-4-13-3-2-7-18-11-13/h2-7,10-11H,8-9H2,1H3,(H,19,22)/b5-4+. The third-order valence-corrected chi connectivity index (χ3v) is 4.33. The Hall–Kier alpha value is -2.80. The van der Waals surface area contributed by atoms with E-state index in [9.17, 15) is 9.59 Å². The highest BCUT2D eigenvalue weighted by molar-refractivity contribution is 7.16. The van der Waals surface area contributed by atoms with Gasteiger partial charge >= 0.3 is 0 Å². The van der Waals surface area contributed by atoms with Crippen LogP contribution in [0.5, 0.6) is 0 Å². The maximum Gasteiger partial charge on any atom is 0.262 e. The van der Waals surface area contributed by atoms with E-state index in [1.165, 1.54) is 17.4 Å². The van der Waals surface area contributed by atoms with Crippen molar-refractivity contribution < 1.29 is 4.79 Å². The number of fused-ring (bicyclic) bond motifs is 1. The number of amides is 1. The van der Waals surface area contributed by atoms with E-state index in [0.29, 0.717) is 24.3 Å². The molecule has 0 aliphatic carbocycles. The van der Waals surface area contributed by atoms with Crippen LogP contribution < -0.4 is 10.9 Å². The van der Waals surface area contributed by atoms with Crippen LogP contribution in [0.1, 0.15) is 11.4 Å². The first-order valence-electron chi connectivity index (χ1n) is 7.46. The minimum atomic E-state index is -0.214. The van der Waals surface area contributed by atoms with Gasteiger partial charge in [0.2, 0.25) is 5.91 Å². The zero-order chi connectivity index (χ0) is 16.9. The Bertz CT molecular complexity index is 944. The molecular formula is C17H16N4O2S. The molecule has 0 spiro atoms. The van der Waals surface area contributed by atoms with Crippen LogP contribution in [0.25, 0.3) is 16.3 Å². The van der Waals surface area contributed by atoms with Gasteiger partial charge in [-0.25, -0.2) is 4.98 Å². The number of aryl methyl sites for hydroxylation is 1. The van der Waals surface area contributed by atoms with Crippen molar-refractivity contribution in [3.8, 4) is 0 Å². The fourth-order valence-electron chi connectivity index (χ4n) is 2.31. The van der Waals surface area contributed by atoms with Crippen LogP contribution in [0.2, 0.25) is 0 Å². The monoisotopic (exact) mass is 340 g/mol. The van der Waals surface area contributed by atoms with E-state index < -0.39 is 0 Å². The molecule has 0 saturated carbocycles. The predicted octanol–water partition coefficient (Wildman–Crippen LogP) is 1.99. The first-order chi connectivity index (χ1) is 11.6. The van der Waals surface area contributed by atoms with Gasteiger partial charge in [-0.15, -0.1) is 11.3 Å². The lowest BCUT2D eigenvalue weighted by Gasteiger charge is -2.09. The minimum absolute atomic E-state index is 0.0705. The summed E-state index contributed by atoms with van der Waals surface area (Å²) in [6.07, 6.45) is 6.50. The minimum Gasteiger partial charge on any atom is -0.351 e. The van der Waals surface area contributed by atoms with Gasteiger partial charge in [-0.3, -0.25) is 19.1 Å². The van der Waals surface area contributed by atoms with E-state index in [2.05, 4.69) is 15.3 Å². The summed E-state index contributed by atoms with van der Waals surface area (Å²) in [5, 5.41) is 5.24. The highest BCUT2D eigenvalue weighted by Crippen LogP contribution is 2.14. The second-order valence-corrected chi connectivity index (χ2v) is 6.06. The number of hydrogen-bond donors (Lipinski definition) is 1. The smallest absolute Gasteiger partial charge is 0.262 e. The topological polar surface area (TPSA) is 76.9 Å². The van der Waals surface area contributed by atoms with Crippen molar-refractivity contribution >= 4 is 33.5 Å². The zero-order valence-electron chi connectivity index (χ0n) is 13.1. The van der Waals surface area contributed by atoms with E-state index >= 15 is 0 Å². The summed E-state index contributed by atoms with van der Waals surface area (Å²) >= 11 is 1.45. The predicted molar refractivity (Wildman–Crippen MR) is 94.9 cm³/mol. The largest absolute Gasteiger partial charge is 0.351 e. The number of pyridine rings is 1. The van der Waals surface area contributed by atoms with Crippen molar-refractivity contribution in [2.75, 3.05) is 6.54 Å². The molecule has 3 heterocycles. The molecule has 0 bridgehead atoms. The van der Waals surface area contributed by atoms with E-state index in [0.717, 1.165) is 10.4 Å². The normalized spacial score (nSPS) is 11.2. The average Bonchev–Trinajstić information content (AvgIpc) is 3.05. The van der Waals surface area contributed by atoms with Crippen LogP contribution in [0, 0.1) is 6.92 Å². The van der Waals surface area contributed by atoms with Crippen LogP contribution in [-0.4, -0.2) is 27.0 Å². The number of thiophene rings is 1. The molecule has 0 aliphatic heterocycles. The van der Waals surface area contributed by atoms with Crippen molar-refractivity contribution in [2.45, 2.75) is 13.5 Å². The van der Waals surface area contributed by atoms with Crippen molar-refractivity contribution in [3.63, 3.8) is 0 Å². The summed E-state index contributed by atoms with van der Waals surface area (Å²) in [5.74, 6) is 0.434. The van der Waals surface area contributed by atoms with Crippen LogP contribution in [0.3, 0.4) is 0 Å². The molecule has 0 unspecified atom stereocenters. The molecule has 0 atom stereocenters. The highest BCUT2D eigenvalue weighted by atomic mass is 32.1. The Kier molecular flexibility index (Phi) is 4.81. The van der Waals surface area contributed by atoms with Crippen molar-refractivity contribution in [3.05, 3.63) is 63.8 Å². The summed E-state index contributed by atoms with van der Waals surface area (Å²) in [6, 6.07) is 5.45. The molecule has 0 aliphatic rings. The Morgan fingerprint density at radius 3 is 3.08 bits per heavy atom. The SMILES string of the molecule is Cc1nc2sccc2c(=O)n1CCNC(=O)/C=C/c1cccnc1. The maximum absolute atomic E-state index is 12.4. The molecule has 7 heteroatoms. The van der Waals surface area contributed by atoms with E-state index in [1.807, 2.05) is 11.4 Å². The van der Waals surface area contributed by atoms with Crippen molar-refractivity contribution in [1.29, 1.82) is 0 Å². The highest BCUT2D eigenvalue weighted by Gasteiger charge is 2.08. The van der Waals surface area contributed by atoms with Gasteiger partial charge in [-0.05, 0) is 36.1 Å². The summed E-state index contributed by atoms with van der Waals surface area (Å²) in [5.41, 5.74) is 0.783. The molecule has 0 radical (unpaired) electrons. The molecule has 122 valence electrons. The Morgan fingerprint density at radius 1 is 1.42 bits per heavy atom. The number of nitrogens with zero attached hydrogens (tertiary/aromatic N) is 3. The van der Waals surface area contributed by atoms with Gasteiger partial charge in [0.25, 0.3) is 5.56 Å². The van der Waals surface area contributed by atoms with Crippen molar-refractivity contribution in [2.24, 2.45) is 0 Å². The number of carbonyl (C=O) groups is 1. The van der Waals surface area contributed by atoms with Gasteiger partial charge in [-0.2, -0.15) is 0 Å². The molecule has 3 aromatic heterocycles. The first-order valence-corrected chi connectivity index (χ1v) is 8.34. The fourth-order valence-corrected chi connectivity index (χ4v) is 3.11. The molecular weight excluding hydrogens is 324 g/mol. The second-order valence-electron chi connectivity index (χ2n) is 5.17. The lowest BCUT2D eigenvalue weighted by atomic mass is 10.2. The molecule has 0 saturated heterocycles. The lowest BCUT2D eigenvalue weighted by molar-refractivity contribution is -0.116. The third kappa shape index (κ3) is 3.57. The molecule has 1 N–H and O–H groups in total. The first kappa shape index (κ1) is 16.1. The Labute approximate surface area is 142 Å². The van der Waals surface area contributed by atoms with Gasteiger partial charge in [0.05, 0.1) is 5.39 Å². The van der Waals surface area contributed by atoms with Crippen LogP contribution in [0.4, 0.5) is 0 Å². The molecule has 0 aromatic carbocycles. The molecule has 3 rings (SSSR count). The van der Waals surface area contributed by atoms with Crippen LogP contribution in [0.15, 0.2) is 46.8 Å². The van der Waals surface area contributed by atoms with Gasteiger partial charge in [-0.1, -0.05) is 6.07 Å². The van der Waals surface area contributed by atoms with Gasteiger partial charge in [0, 0.05) is 31.6 Å². The lowest BCUT2D eigenvalue weighted by Crippen LogP contribution is -2.31. The van der Waals surface area contributed by atoms with E-state index in [4.69, 9.17) is 0 Å². The second kappa shape index (κ2) is 7.18. The Balaban J connectivity index is 1.61. The maximum atomic E-state index is 12.4. The molecule has 3 aromatic rings. The van der Waals surface area contributed by atoms with E-state index in [1.54, 1.807) is 42.1 Å². The van der Waals surface area contributed by atoms with Crippen LogP contribution in [-0.2, 0) is 11.3 Å². The summed E-state index contributed by atoms with van der Waals surface area (Å²) < 4.78 is 1.58. The molecule has 24 heavy (non-hydrogen) atoms. The van der Waals surface area contributed by atoms with Gasteiger partial charge < -0.3 is 5.32 Å². The number of carbonyl (C=O) groups excluding carboxylic acids is 1. The fraction of sp³-hybridized carbons (Fsp3) is 0.176. The number of aromatic nitrogens is 3. The molecule has 1 amide bonds. The summed E-state index contributed by atoms with van der Waals surface area (Å²) in [4.78, 5) is 33.4.